The first-order valence-corrected chi connectivity index (χ1v) is 6.58. The van der Waals surface area contributed by atoms with Gasteiger partial charge in [-0.1, -0.05) is 6.92 Å². The quantitative estimate of drug-likeness (QED) is 0.737. The SMILES string of the molecule is CC1(CO)CCN(S(=O)(=O)C2CC2)C1. The maximum atomic E-state index is 11.8. The van der Waals surface area contributed by atoms with E-state index in [2.05, 4.69) is 0 Å². The Labute approximate surface area is 85.0 Å². The summed E-state index contributed by atoms with van der Waals surface area (Å²) >= 11 is 0. The van der Waals surface area contributed by atoms with E-state index in [4.69, 9.17) is 5.11 Å². The Hall–Kier alpha value is -0.130. The van der Waals surface area contributed by atoms with E-state index in [0.717, 1.165) is 19.3 Å². The number of aliphatic hydroxyl groups excluding tert-OH is 1. The normalized spacial score (nSPS) is 35.0. The van der Waals surface area contributed by atoms with Crippen LogP contribution in [0.4, 0.5) is 0 Å². The lowest BCUT2D eigenvalue weighted by Gasteiger charge is -2.21. The molecule has 0 aromatic heterocycles. The Morgan fingerprint density at radius 1 is 1.50 bits per heavy atom. The van der Waals surface area contributed by atoms with Gasteiger partial charge in [-0.2, -0.15) is 0 Å². The van der Waals surface area contributed by atoms with Crippen LogP contribution in [0.25, 0.3) is 0 Å². The molecular formula is C9H17NO3S. The largest absolute Gasteiger partial charge is 0.396 e. The Morgan fingerprint density at radius 3 is 2.57 bits per heavy atom. The number of aliphatic hydroxyl groups is 1. The minimum atomic E-state index is -3.02. The molecule has 2 rings (SSSR count). The third-order valence-corrected chi connectivity index (χ3v) is 5.56. The van der Waals surface area contributed by atoms with Crippen molar-refractivity contribution in [2.24, 2.45) is 5.41 Å². The van der Waals surface area contributed by atoms with Crippen LogP contribution in [0.15, 0.2) is 0 Å². The Morgan fingerprint density at radius 2 is 2.14 bits per heavy atom. The predicted octanol–water partition coefficient (Wildman–Crippen LogP) is 0.183. The molecule has 14 heavy (non-hydrogen) atoms. The number of sulfonamides is 1. The molecule has 0 radical (unpaired) electrons. The van der Waals surface area contributed by atoms with Crippen molar-refractivity contribution in [2.75, 3.05) is 19.7 Å². The predicted molar refractivity (Wildman–Crippen MR) is 53.3 cm³/mol. The van der Waals surface area contributed by atoms with Crippen molar-refractivity contribution in [3.63, 3.8) is 0 Å². The van der Waals surface area contributed by atoms with E-state index >= 15 is 0 Å². The Bertz CT molecular complexity index is 323. The van der Waals surface area contributed by atoms with Crippen molar-refractivity contribution in [3.8, 4) is 0 Å². The molecule has 82 valence electrons. The molecule has 0 bridgehead atoms. The summed E-state index contributed by atoms with van der Waals surface area (Å²) in [6.07, 6.45) is 2.40. The summed E-state index contributed by atoms with van der Waals surface area (Å²) < 4.78 is 25.2. The zero-order valence-corrected chi connectivity index (χ0v) is 9.26. The molecule has 0 aromatic rings. The molecule has 4 nitrogen and oxygen atoms in total. The average molecular weight is 219 g/mol. The molecular weight excluding hydrogens is 202 g/mol. The summed E-state index contributed by atoms with van der Waals surface area (Å²) in [5, 5.41) is 9.02. The van der Waals surface area contributed by atoms with E-state index in [1.54, 1.807) is 4.31 Å². The van der Waals surface area contributed by atoms with Crippen LogP contribution in [-0.4, -0.2) is 42.8 Å². The van der Waals surface area contributed by atoms with Crippen LogP contribution >= 0.6 is 0 Å². The molecule has 0 aromatic carbocycles. The number of hydrogen-bond acceptors (Lipinski definition) is 3. The first kappa shape index (κ1) is 10.4. The maximum absolute atomic E-state index is 11.8. The van der Waals surface area contributed by atoms with Gasteiger partial charge < -0.3 is 5.11 Å². The van der Waals surface area contributed by atoms with E-state index in [9.17, 15) is 8.42 Å². The van der Waals surface area contributed by atoms with E-state index in [1.165, 1.54) is 0 Å². The topological polar surface area (TPSA) is 57.6 Å². The van der Waals surface area contributed by atoms with Gasteiger partial charge in [-0.25, -0.2) is 12.7 Å². The smallest absolute Gasteiger partial charge is 0.217 e. The summed E-state index contributed by atoms with van der Waals surface area (Å²) in [6.45, 7) is 3.08. The van der Waals surface area contributed by atoms with Crippen molar-refractivity contribution < 1.29 is 13.5 Å². The summed E-state index contributed by atoms with van der Waals surface area (Å²) in [7, 11) is -3.02. The van der Waals surface area contributed by atoms with Gasteiger partial charge in [0.05, 0.1) is 5.25 Å². The fraction of sp³-hybridized carbons (Fsp3) is 1.00. The zero-order valence-electron chi connectivity index (χ0n) is 8.44. The molecule has 5 heteroatoms. The zero-order chi connectivity index (χ0) is 10.4. The molecule has 0 spiro atoms. The van der Waals surface area contributed by atoms with Crippen LogP contribution in [0, 0.1) is 5.41 Å². The third-order valence-electron chi connectivity index (χ3n) is 3.21. The highest BCUT2D eigenvalue weighted by atomic mass is 32.2. The van der Waals surface area contributed by atoms with Crippen LogP contribution < -0.4 is 0 Å². The molecule has 1 unspecified atom stereocenters. The molecule has 0 amide bonds. The first-order valence-electron chi connectivity index (χ1n) is 5.08. The van der Waals surface area contributed by atoms with Gasteiger partial charge in [0.1, 0.15) is 0 Å². The molecule has 1 N–H and O–H groups in total. The molecule has 1 aliphatic heterocycles. The van der Waals surface area contributed by atoms with Gasteiger partial charge in [0, 0.05) is 25.1 Å². The van der Waals surface area contributed by atoms with Crippen LogP contribution in [0.3, 0.4) is 0 Å². The summed E-state index contributed by atoms with van der Waals surface area (Å²) in [5.74, 6) is 0. The summed E-state index contributed by atoms with van der Waals surface area (Å²) in [4.78, 5) is 0. The summed E-state index contributed by atoms with van der Waals surface area (Å²) in [5.41, 5.74) is -0.220. The third kappa shape index (κ3) is 1.68. The van der Waals surface area contributed by atoms with Crippen LogP contribution in [0.5, 0.6) is 0 Å². The number of nitrogens with zero attached hydrogens (tertiary/aromatic N) is 1. The van der Waals surface area contributed by atoms with Crippen LogP contribution in [-0.2, 0) is 10.0 Å². The van der Waals surface area contributed by atoms with Gasteiger partial charge in [0.15, 0.2) is 0 Å². The van der Waals surface area contributed by atoms with E-state index in [1.807, 2.05) is 6.92 Å². The fourth-order valence-corrected chi connectivity index (χ4v) is 3.89. The van der Waals surface area contributed by atoms with Gasteiger partial charge in [-0.05, 0) is 19.3 Å². The minimum absolute atomic E-state index is 0.0731. The van der Waals surface area contributed by atoms with Crippen molar-refractivity contribution in [1.29, 1.82) is 0 Å². The number of hydrogen-bond donors (Lipinski definition) is 1. The van der Waals surface area contributed by atoms with Crippen molar-refractivity contribution in [1.82, 2.24) is 4.31 Å². The van der Waals surface area contributed by atoms with Gasteiger partial charge in [0.25, 0.3) is 0 Å². The van der Waals surface area contributed by atoms with Gasteiger partial charge in [0.2, 0.25) is 10.0 Å². The van der Waals surface area contributed by atoms with E-state index < -0.39 is 10.0 Å². The monoisotopic (exact) mass is 219 g/mol. The van der Waals surface area contributed by atoms with Crippen molar-refractivity contribution >= 4 is 10.0 Å². The molecule has 2 fully saturated rings. The van der Waals surface area contributed by atoms with Crippen LogP contribution in [0.1, 0.15) is 26.2 Å². The van der Waals surface area contributed by atoms with Gasteiger partial charge in [-0.3, -0.25) is 0 Å². The second-order valence-electron chi connectivity index (χ2n) is 4.80. The highest BCUT2D eigenvalue weighted by Crippen LogP contribution is 2.37. The molecule has 1 atom stereocenters. The lowest BCUT2D eigenvalue weighted by Crippen LogP contribution is -2.34. The second kappa shape index (κ2) is 3.18. The average Bonchev–Trinajstić information content (AvgIpc) is 2.91. The highest BCUT2D eigenvalue weighted by Gasteiger charge is 2.45. The van der Waals surface area contributed by atoms with E-state index in [-0.39, 0.29) is 17.3 Å². The van der Waals surface area contributed by atoms with Gasteiger partial charge >= 0.3 is 0 Å². The van der Waals surface area contributed by atoms with Gasteiger partial charge in [-0.15, -0.1) is 0 Å². The fourth-order valence-electron chi connectivity index (χ4n) is 1.90. The Kier molecular flexibility index (Phi) is 2.36. The molecule has 1 aliphatic carbocycles. The Balaban J connectivity index is 2.08. The lowest BCUT2D eigenvalue weighted by atomic mass is 9.91. The van der Waals surface area contributed by atoms with Crippen molar-refractivity contribution in [2.45, 2.75) is 31.4 Å². The lowest BCUT2D eigenvalue weighted by molar-refractivity contribution is 0.155. The first-order chi connectivity index (χ1) is 6.48. The second-order valence-corrected chi connectivity index (χ2v) is 7.01. The molecule has 1 saturated heterocycles. The van der Waals surface area contributed by atoms with Crippen molar-refractivity contribution in [3.05, 3.63) is 0 Å². The highest BCUT2D eigenvalue weighted by molar-refractivity contribution is 7.90. The molecule has 1 heterocycles. The summed E-state index contributed by atoms with van der Waals surface area (Å²) in [6, 6.07) is 0. The minimum Gasteiger partial charge on any atom is -0.396 e. The van der Waals surface area contributed by atoms with Crippen LogP contribution in [0.2, 0.25) is 0 Å². The maximum Gasteiger partial charge on any atom is 0.217 e. The van der Waals surface area contributed by atoms with E-state index in [0.29, 0.717) is 13.1 Å². The molecule has 1 saturated carbocycles. The standard InChI is InChI=1S/C9H17NO3S/c1-9(7-11)4-5-10(6-9)14(12,13)8-2-3-8/h8,11H,2-7H2,1H3. The number of rotatable bonds is 3. The molecule has 2 aliphatic rings.